The third kappa shape index (κ3) is 4.30. The fourth-order valence-corrected chi connectivity index (χ4v) is 3.68. The molecule has 2 aromatic carbocycles. The van der Waals surface area contributed by atoms with E-state index in [2.05, 4.69) is 0 Å². The summed E-state index contributed by atoms with van der Waals surface area (Å²) in [6, 6.07) is 13.2. The number of benzene rings is 2. The Hall–Kier alpha value is -2.79. The smallest absolute Gasteiger partial charge is 0.295 e. The minimum absolute atomic E-state index is 0.0365. The molecular weight excluding hydrogens is 390 g/mol. The minimum atomic E-state index is -0.691. The van der Waals surface area contributed by atoms with E-state index in [0.29, 0.717) is 29.3 Å². The second-order valence-corrected chi connectivity index (χ2v) is 7.67. The average Bonchev–Trinajstić information content (AvgIpc) is 2.93. The van der Waals surface area contributed by atoms with Crippen molar-refractivity contribution in [3.8, 4) is 5.75 Å². The standard InChI is InChI=1S/C23H24ClNO4/c1-4-12-25-20(15-8-10-18(11-9-15)29-14(2)3)19(22(27)23(25)28)21(26)16-6-5-7-17(24)13-16/h5-11,13-14,20,26H,4,12H2,1-3H3/b21-19-. The maximum Gasteiger partial charge on any atom is 0.295 e. The van der Waals surface area contributed by atoms with Gasteiger partial charge in [0.2, 0.25) is 0 Å². The number of amides is 1. The zero-order valence-electron chi connectivity index (χ0n) is 16.7. The zero-order valence-corrected chi connectivity index (χ0v) is 17.4. The van der Waals surface area contributed by atoms with E-state index in [-0.39, 0.29) is 17.4 Å². The van der Waals surface area contributed by atoms with E-state index in [1.807, 2.05) is 32.9 Å². The number of carbonyl (C=O) groups excluding carboxylic acids is 2. The van der Waals surface area contributed by atoms with Gasteiger partial charge in [-0.2, -0.15) is 0 Å². The second-order valence-electron chi connectivity index (χ2n) is 7.24. The van der Waals surface area contributed by atoms with Crippen LogP contribution in [0.2, 0.25) is 5.02 Å². The van der Waals surface area contributed by atoms with E-state index in [0.717, 1.165) is 5.56 Å². The third-order valence-corrected chi connectivity index (χ3v) is 4.91. The predicted molar refractivity (Wildman–Crippen MR) is 113 cm³/mol. The Morgan fingerprint density at radius 1 is 1.17 bits per heavy atom. The summed E-state index contributed by atoms with van der Waals surface area (Å²) in [5.74, 6) is -0.825. The normalized spacial score (nSPS) is 18.5. The molecule has 0 bridgehead atoms. The number of likely N-dealkylation sites (tertiary alicyclic amines) is 1. The van der Waals surface area contributed by atoms with E-state index >= 15 is 0 Å². The molecule has 1 heterocycles. The SMILES string of the molecule is CCCN1C(=O)C(=O)/C(=C(\O)c2cccc(Cl)c2)C1c1ccc(OC(C)C)cc1. The molecule has 0 saturated carbocycles. The lowest BCUT2D eigenvalue weighted by Crippen LogP contribution is -2.30. The average molecular weight is 414 g/mol. The lowest BCUT2D eigenvalue weighted by molar-refractivity contribution is -0.139. The van der Waals surface area contributed by atoms with Gasteiger partial charge in [0.05, 0.1) is 17.7 Å². The molecule has 1 fully saturated rings. The Balaban J connectivity index is 2.11. The molecule has 3 rings (SSSR count). The van der Waals surface area contributed by atoms with E-state index in [1.54, 1.807) is 36.4 Å². The predicted octanol–water partition coefficient (Wildman–Crippen LogP) is 4.96. The monoisotopic (exact) mass is 413 g/mol. The van der Waals surface area contributed by atoms with E-state index in [9.17, 15) is 14.7 Å². The molecular formula is C23H24ClNO4. The molecule has 0 spiro atoms. The van der Waals surface area contributed by atoms with Crippen LogP contribution in [-0.4, -0.2) is 34.3 Å². The zero-order chi connectivity index (χ0) is 21.1. The van der Waals surface area contributed by atoms with Gasteiger partial charge in [0, 0.05) is 17.1 Å². The summed E-state index contributed by atoms with van der Waals surface area (Å²) in [4.78, 5) is 27.0. The Kier molecular flexibility index (Phi) is 6.28. The summed E-state index contributed by atoms with van der Waals surface area (Å²) in [7, 11) is 0. The van der Waals surface area contributed by atoms with Crippen molar-refractivity contribution in [2.45, 2.75) is 39.3 Å². The summed E-state index contributed by atoms with van der Waals surface area (Å²) < 4.78 is 5.68. The van der Waals surface area contributed by atoms with Crippen molar-refractivity contribution in [3.05, 3.63) is 70.3 Å². The maximum atomic E-state index is 12.8. The number of carbonyl (C=O) groups is 2. The number of hydrogen-bond acceptors (Lipinski definition) is 4. The first-order chi connectivity index (χ1) is 13.8. The molecule has 29 heavy (non-hydrogen) atoms. The van der Waals surface area contributed by atoms with Gasteiger partial charge < -0.3 is 14.7 Å². The molecule has 0 aliphatic carbocycles. The van der Waals surface area contributed by atoms with Crippen molar-refractivity contribution in [3.63, 3.8) is 0 Å². The van der Waals surface area contributed by atoms with Crippen LogP contribution >= 0.6 is 11.6 Å². The summed E-state index contributed by atoms with van der Waals surface area (Å²) >= 11 is 6.04. The first-order valence-electron chi connectivity index (χ1n) is 9.64. The van der Waals surface area contributed by atoms with Crippen LogP contribution in [0.1, 0.15) is 44.4 Å². The highest BCUT2D eigenvalue weighted by atomic mass is 35.5. The van der Waals surface area contributed by atoms with Gasteiger partial charge in [0.1, 0.15) is 11.5 Å². The molecule has 1 amide bonds. The number of hydrogen-bond donors (Lipinski definition) is 1. The number of ketones is 1. The van der Waals surface area contributed by atoms with Crippen LogP contribution in [0.15, 0.2) is 54.1 Å². The molecule has 152 valence electrons. The summed E-state index contributed by atoms with van der Waals surface area (Å²) in [5.41, 5.74) is 1.21. The quantitative estimate of drug-likeness (QED) is 0.413. The van der Waals surface area contributed by atoms with Gasteiger partial charge in [-0.3, -0.25) is 9.59 Å². The molecule has 1 atom stereocenters. The number of ether oxygens (including phenoxy) is 1. The van der Waals surface area contributed by atoms with Gasteiger partial charge in [-0.15, -0.1) is 0 Å². The van der Waals surface area contributed by atoms with Crippen LogP contribution in [0.5, 0.6) is 5.75 Å². The molecule has 1 aliphatic rings. The van der Waals surface area contributed by atoms with E-state index in [1.165, 1.54) is 4.90 Å². The molecule has 0 radical (unpaired) electrons. The number of halogens is 1. The van der Waals surface area contributed by atoms with Crippen LogP contribution in [0.4, 0.5) is 0 Å². The topological polar surface area (TPSA) is 66.8 Å². The first-order valence-corrected chi connectivity index (χ1v) is 10.0. The number of nitrogens with zero attached hydrogens (tertiary/aromatic N) is 1. The summed E-state index contributed by atoms with van der Waals surface area (Å²) in [6.45, 7) is 6.23. The highest BCUT2D eigenvalue weighted by Crippen LogP contribution is 2.40. The van der Waals surface area contributed by atoms with Gasteiger partial charge >= 0.3 is 0 Å². The van der Waals surface area contributed by atoms with Gasteiger partial charge in [-0.25, -0.2) is 0 Å². The van der Waals surface area contributed by atoms with E-state index in [4.69, 9.17) is 16.3 Å². The Labute approximate surface area is 175 Å². The molecule has 5 nitrogen and oxygen atoms in total. The van der Waals surface area contributed by atoms with Gasteiger partial charge in [-0.05, 0) is 50.1 Å². The largest absolute Gasteiger partial charge is 0.507 e. The first kappa shape index (κ1) is 20.9. The number of Topliss-reactive ketones (excluding diaryl/α,β-unsaturated/α-hetero) is 1. The van der Waals surface area contributed by atoms with Crippen LogP contribution in [-0.2, 0) is 9.59 Å². The fourth-order valence-electron chi connectivity index (χ4n) is 3.49. The van der Waals surface area contributed by atoms with Gasteiger partial charge in [-0.1, -0.05) is 42.8 Å². The second kappa shape index (κ2) is 8.70. The Morgan fingerprint density at radius 3 is 2.45 bits per heavy atom. The van der Waals surface area contributed by atoms with Crippen molar-refractivity contribution < 1.29 is 19.4 Å². The van der Waals surface area contributed by atoms with Crippen molar-refractivity contribution in [2.24, 2.45) is 0 Å². The Bertz CT molecular complexity index is 950. The van der Waals surface area contributed by atoms with Gasteiger partial charge in [0.15, 0.2) is 0 Å². The molecule has 6 heteroatoms. The number of aliphatic hydroxyl groups is 1. The van der Waals surface area contributed by atoms with Crippen molar-refractivity contribution in [2.75, 3.05) is 6.54 Å². The molecule has 1 unspecified atom stereocenters. The van der Waals surface area contributed by atoms with Crippen LogP contribution in [0.3, 0.4) is 0 Å². The van der Waals surface area contributed by atoms with Crippen molar-refractivity contribution in [1.82, 2.24) is 4.90 Å². The van der Waals surface area contributed by atoms with Crippen LogP contribution < -0.4 is 4.74 Å². The minimum Gasteiger partial charge on any atom is -0.507 e. The lowest BCUT2D eigenvalue weighted by Gasteiger charge is -2.25. The molecule has 2 aromatic rings. The van der Waals surface area contributed by atoms with E-state index < -0.39 is 17.7 Å². The molecule has 1 saturated heterocycles. The third-order valence-electron chi connectivity index (χ3n) is 4.67. The van der Waals surface area contributed by atoms with Crippen LogP contribution in [0.25, 0.3) is 5.76 Å². The lowest BCUT2D eigenvalue weighted by atomic mass is 9.95. The van der Waals surface area contributed by atoms with Crippen LogP contribution in [0, 0.1) is 0 Å². The van der Waals surface area contributed by atoms with Gasteiger partial charge in [0.25, 0.3) is 11.7 Å². The number of rotatable bonds is 6. The number of aliphatic hydroxyl groups excluding tert-OH is 1. The van der Waals surface area contributed by atoms with Crippen molar-refractivity contribution >= 4 is 29.1 Å². The Morgan fingerprint density at radius 2 is 1.86 bits per heavy atom. The fraction of sp³-hybridized carbons (Fsp3) is 0.304. The summed E-state index contributed by atoms with van der Waals surface area (Å²) in [5, 5.41) is 11.4. The maximum absolute atomic E-state index is 12.8. The molecule has 1 N–H and O–H groups in total. The summed E-state index contributed by atoms with van der Waals surface area (Å²) in [6.07, 6.45) is 0.726. The highest BCUT2D eigenvalue weighted by molar-refractivity contribution is 6.46. The molecule has 0 aromatic heterocycles. The highest BCUT2D eigenvalue weighted by Gasteiger charge is 2.45. The molecule has 1 aliphatic heterocycles. The van der Waals surface area contributed by atoms with Crippen molar-refractivity contribution in [1.29, 1.82) is 0 Å².